The first-order valence-corrected chi connectivity index (χ1v) is 9.20. The number of hydrogen-bond acceptors (Lipinski definition) is 5. The predicted molar refractivity (Wildman–Crippen MR) is 103 cm³/mol. The normalized spacial score (nSPS) is 20.1. The summed E-state index contributed by atoms with van der Waals surface area (Å²) in [6.45, 7) is 4.12. The van der Waals surface area contributed by atoms with Crippen molar-refractivity contribution in [3.8, 4) is 6.07 Å². The maximum absolute atomic E-state index is 14.7. The number of carbonyl (C=O) groups excluding carboxylic acids is 1. The predicted octanol–water partition coefficient (Wildman–Crippen LogP) is 3.68. The number of hydrogen-bond donors (Lipinski definition) is 0. The second kappa shape index (κ2) is 8.67. The average Bonchev–Trinajstić information content (AvgIpc) is 3.03. The van der Waals surface area contributed by atoms with E-state index in [-0.39, 0.29) is 11.9 Å². The largest absolute Gasteiger partial charge is 0.442 e. The van der Waals surface area contributed by atoms with Crippen molar-refractivity contribution in [2.24, 2.45) is 4.99 Å². The highest BCUT2D eigenvalue weighted by Gasteiger charge is 2.32. The summed E-state index contributed by atoms with van der Waals surface area (Å²) in [6, 6.07) is 6.89. The van der Waals surface area contributed by atoms with E-state index < -0.39 is 6.09 Å². The van der Waals surface area contributed by atoms with E-state index in [2.05, 4.69) is 11.1 Å². The van der Waals surface area contributed by atoms with Crippen LogP contribution in [0.25, 0.3) is 0 Å². The van der Waals surface area contributed by atoms with Gasteiger partial charge < -0.3 is 9.64 Å². The number of amides is 1. The number of anilines is 2. The summed E-state index contributed by atoms with van der Waals surface area (Å²) < 4.78 is 20.0. The molecule has 0 bridgehead atoms. The van der Waals surface area contributed by atoms with E-state index in [9.17, 15) is 9.18 Å². The number of nitrogens with zero attached hydrogens (tertiary/aromatic N) is 4. The molecule has 0 spiro atoms. The standard InChI is InChI=1S/C20H23FN4O2/c1-2-9-23-13-17-14-25(20(26)27-17)16-3-4-19(18(21)12-16)24-10-6-15(5-8-22)7-11-24/h3-5,9,12,17H,2,6-7,10-11,13-14H2,1H3/t17-/m0/s1. The zero-order valence-corrected chi connectivity index (χ0v) is 15.4. The average molecular weight is 370 g/mol. The minimum absolute atomic E-state index is 0.310. The van der Waals surface area contributed by atoms with Crippen LogP contribution in [0, 0.1) is 17.1 Å². The van der Waals surface area contributed by atoms with E-state index in [4.69, 9.17) is 10.00 Å². The monoisotopic (exact) mass is 370 g/mol. The lowest BCUT2D eigenvalue weighted by Crippen LogP contribution is -2.31. The number of allylic oxidation sites excluding steroid dienone is 1. The lowest BCUT2D eigenvalue weighted by molar-refractivity contribution is 0.145. The van der Waals surface area contributed by atoms with Crippen LogP contribution >= 0.6 is 0 Å². The van der Waals surface area contributed by atoms with Crippen molar-refractivity contribution in [1.82, 2.24) is 0 Å². The Morgan fingerprint density at radius 1 is 1.41 bits per heavy atom. The van der Waals surface area contributed by atoms with Gasteiger partial charge in [0, 0.05) is 19.2 Å². The molecule has 1 amide bonds. The highest BCUT2D eigenvalue weighted by atomic mass is 19.1. The van der Waals surface area contributed by atoms with E-state index in [0.29, 0.717) is 37.6 Å². The fraction of sp³-hybridized carbons (Fsp3) is 0.450. The molecule has 2 aliphatic heterocycles. The van der Waals surface area contributed by atoms with Crippen molar-refractivity contribution < 1.29 is 13.9 Å². The van der Waals surface area contributed by atoms with Crippen molar-refractivity contribution in [2.75, 3.05) is 36.0 Å². The second-order valence-corrected chi connectivity index (χ2v) is 6.63. The fourth-order valence-electron chi connectivity index (χ4n) is 3.34. The van der Waals surface area contributed by atoms with Gasteiger partial charge in [-0.1, -0.05) is 12.5 Å². The molecule has 2 fully saturated rings. The van der Waals surface area contributed by atoms with Gasteiger partial charge in [0.15, 0.2) is 0 Å². The molecule has 0 aliphatic carbocycles. The van der Waals surface area contributed by atoms with E-state index in [1.807, 2.05) is 11.8 Å². The van der Waals surface area contributed by atoms with E-state index in [0.717, 1.165) is 24.8 Å². The summed E-state index contributed by atoms with van der Waals surface area (Å²) in [5, 5.41) is 8.73. The summed E-state index contributed by atoms with van der Waals surface area (Å²) in [5.41, 5.74) is 2.11. The smallest absolute Gasteiger partial charge is 0.414 e. The molecule has 1 aromatic carbocycles. The third-order valence-corrected chi connectivity index (χ3v) is 4.75. The van der Waals surface area contributed by atoms with E-state index in [1.54, 1.807) is 24.4 Å². The van der Waals surface area contributed by atoms with Gasteiger partial charge in [0.2, 0.25) is 0 Å². The fourth-order valence-corrected chi connectivity index (χ4v) is 3.34. The summed E-state index contributed by atoms with van der Waals surface area (Å²) >= 11 is 0. The van der Waals surface area contributed by atoms with Gasteiger partial charge in [-0.25, -0.2) is 9.18 Å². The van der Waals surface area contributed by atoms with Gasteiger partial charge in [-0.15, -0.1) is 0 Å². The van der Waals surface area contributed by atoms with Gasteiger partial charge in [0.25, 0.3) is 0 Å². The van der Waals surface area contributed by atoms with Gasteiger partial charge in [-0.3, -0.25) is 9.89 Å². The number of ether oxygens (including phenoxy) is 1. The Balaban J connectivity index is 1.67. The van der Waals surface area contributed by atoms with Crippen LogP contribution in [0.2, 0.25) is 0 Å². The summed E-state index contributed by atoms with van der Waals surface area (Å²) in [6.07, 6.45) is 4.94. The van der Waals surface area contributed by atoms with Crippen LogP contribution in [-0.2, 0) is 4.74 Å². The molecular formula is C20H23FN4O2. The van der Waals surface area contributed by atoms with Crippen LogP contribution in [0.15, 0.2) is 34.8 Å². The van der Waals surface area contributed by atoms with Crippen molar-refractivity contribution in [3.05, 3.63) is 35.7 Å². The topological polar surface area (TPSA) is 68.9 Å². The Morgan fingerprint density at radius 2 is 2.19 bits per heavy atom. The molecule has 1 atom stereocenters. The maximum atomic E-state index is 14.7. The van der Waals surface area contributed by atoms with Crippen LogP contribution in [-0.4, -0.2) is 44.6 Å². The van der Waals surface area contributed by atoms with Gasteiger partial charge in [0.1, 0.15) is 11.9 Å². The molecule has 2 saturated heterocycles. The number of halogens is 1. The second-order valence-electron chi connectivity index (χ2n) is 6.63. The van der Waals surface area contributed by atoms with Crippen LogP contribution < -0.4 is 9.80 Å². The summed E-state index contributed by atoms with van der Waals surface area (Å²) in [7, 11) is 0. The Kier molecular flexibility index (Phi) is 6.07. The molecule has 0 saturated carbocycles. The van der Waals surface area contributed by atoms with Crippen LogP contribution in [0.5, 0.6) is 0 Å². The lowest BCUT2D eigenvalue weighted by atomic mass is 10.0. The number of piperidine rings is 1. The summed E-state index contributed by atoms with van der Waals surface area (Å²) in [5.74, 6) is -0.361. The molecule has 0 radical (unpaired) electrons. The number of cyclic esters (lactones) is 1. The highest BCUT2D eigenvalue weighted by molar-refractivity contribution is 5.90. The molecule has 0 unspecified atom stereocenters. The molecule has 1 aromatic rings. The molecule has 3 rings (SSSR count). The number of nitriles is 1. The molecular weight excluding hydrogens is 347 g/mol. The Hall–Kier alpha value is -2.88. The number of carbonyl (C=O) groups is 1. The SMILES string of the molecule is CCC=NC[C@H]1CN(c2ccc(N3CCC(=CC#N)CC3)c(F)c2)C(=O)O1. The zero-order valence-electron chi connectivity index (χ0n) is 15.4. The van der Waals surface area contributed by atoms with Crippen molar-refractivity contribution in [1.29, 1.82) is 5.26 Å². The Morgan fingerprint density at radius 3 is 2.85 bits per heavy atom. The van der Waals surface area contributed by atoms with Gasteiger partial charge >= 0.3 is 6.09 Å². The van der Waals surface area contributed by atoms with Crippen LogP contribution in [0.1, 0.15) is 26.2 Å². The third kappa shape index (κ3) is 4.45. The molecule has 0 aromatic heterocycles. The molecule has 6 nitrogen and oxygen atoms in total. The first-order valence-electron chi connectivity index (χ1n) is 9.20. The van der Waals surface area contributed by atoms with E-state index >= 15 is 0 Å². The molecule has 7 heteroatoms. The summed E-state index contributed by atoms with van der Waals surface area (Å²) in [4.78, 5) is 19.7. The number of aliphatic imine (C=N–C) groups is 1. The quantitative estimate of drug-likeness (QED) is 0.586. The molecule has 142 valence electrons. The Bertz CT molecular complexity index is 790. The minimum Gasteiger partial charge on any atom is -0.442 e. The zero-order chi connectivity index (χ0) is 19.2. The van der Waals surface area contributed by atoms with Gasteiger partial charge in [-0.05, 0) is 43.7 Å². The molecule has 0 N–H and O–H groups in total. The number of benzene rings is 1. The first kappa shape index (κ1) is 18.9. The molecule has 2 aliphatic rings. The number of rotatable bonds is 5. The highest BCUT2D eigenvalue weighted by Crippen LogP contribution is 2.30. The Labute approximate surface area is 158 Å². The lowest BCUT2D eigenvalue weighted by Gasteiger charge is -2.30. The first-order chi connectivity index (χ1) is 13.1. The van der Waals surface area contributed by atoms with Crippen molar-refractivity contribution >= 4 is 23.7 Å². The third-order valence-electron chi connectivity index (χ3n) is 4.75. The minimum atomic E-state index is -0.469. The van der Waals surface area contributed by atoms with Crippen molar-refractivity contribution in [3.63, 3.8) is 0 Å². The van der Waals surface area contributed by atoms with Crippen molar-refractivity contribution in [2.45, 2.75) is 32.3 Å². The van der Waals surface area contributed by atoms with Gasteiger partial charge in [-0.2, -0.15) is 5.26 Å². The van der Waals surface area contributed by atoms with Gasteiger partial charge in [0.05, 0.1) is 30.5 Å². The van der Waals surface area contributed by atoms with Crippen LogP contribution in [0.3, 0.4) is 0 Å². The van der Waals surface area contributed by atoms with E-state index in [1.165, 1.54) is 11.0 Å². The van der Waals surface area contributed by atoms with Crippen LogP contribution in [0.4, 0.5) is 20.6 Å². The molecule has 27 heavy (non-hydrogen) atoms. The maximum Gasteiger partial charge on any atom is 0.414 e. The molecule has 2 heterocycles.